The number of esters is 2. The van der Waals surface area contributed by atoms with Crippen molar-refractivity contribution in [3.63, 3.8) is 0 Å². The first-order valence-electron chi connectivity index (χ1n) is 21.0. The highest BCUT2D eigenvalue weighted by molar-refractivity contribution is 7.47. The average molecular weight is 808 g/mol. The fourth-order valence-electron chi connectivity index (χ4n) is 5.09. The molecule has 12 heteroatoms. The summed E-state index contributed by atoms with van der Waals surface area (Å²) in [7, 11) is -4.73. The summed E-state index contributed by atoms with van der Waals surface area (Å²) in [6.45, 7) is 2.66. The Hall–Kier alpha value is -3.08. The van der Waals surface area contributed by atoms with Crippen LogP contribution < -0.4 is 5.73 Å². The number of nitrogens with two attached hydrogens (primary N) is 1. The summed E-state index contributed by atoms with van der Waals surface area (Å²) in [5, 5.41) is 8.88. The normalized spacial score (nSPS) is 14.5. The Balaban J connectivity index is 4.52. The quantitative estimate of drug-likeness (QED) is 0.0235. The lowest BCUT2D eigenvalue weighted by atomic mass is 10.1. The van der Waals surface area contributed by atoms with Gasteiger partial charge in [0.05, 0.1) is 13.2 Å². The molecule has 0 fully saturated rings. The molecule has 3 atom stereocenters. The molecule has 0 aromatic heterocycles. The summed E-state index contributed by atoms with van der Waals surface area (Å²) in [5.41, 5.74) is 5.32. The van der Waals surface area contributed by atoms with Crippen molar-refractivity contribution in [2.75, 3.05) is 19.8 Å². The molecule has 0 spiro atoms. The van der Waals surface area contributed by atoms with E-state index in [1.54, 1.807) is 0 Å². The number of aliphatic carboxylic acids is 1. The summed E-state index contributed by atoms with van der Waals surface area (Å²) in [6.07, 6.45) is 45.4. The number of carboxylic acids is 1. The minimum atomic E-state index is -4.73. The van der Waals surface area contributed by atoms with E-state index in [2.05, 4.69) is 79.1 Å². The van der Waals surface area contributed by atoms with Crippen LogP contribution in [0.3, 0.4) is 0 Å². The van der Waals surface area contributed by atoms with Gasteiger partial charge in [0.25, 0.3) is 0 Å². The molecule has 0 aliphatic rings. The van der Waals surface area contributed by atoms with Gasteiger partial charge in [-0.25, -0.2) is 4.57 Å². The van der Waals surface area contributed by atoms with Gasteiger partial charge in [-0.15, -0.1) is 0 Å². The highest BCUT2D eigenvalue weighted by atomic mass is 31.2. The highest BCUT2D eigenvalue weighted by Crippen LogP contribution is 2.43. The Morgan fingerprint density at radius 2 is 0.964 bits per heavy atom. The second-order valence-corrected chi connectivity index (χ2v) is 15.2. The van der Waals surface area contributed by atoms with Crippen molar-refractivity contribution in [3.05, 3.63) is 72.9 Å². The maximum Gasteiger partial charge on any atom is 0.472 e. The molecule has 0 bridgehead atoms. The zero-order chi connectivity index (χ0) is 41.4. The first kappa shape index (κ1) is 52.9. The van der Waals surface area contributed by atoms with Gasteiger partial charge in [0, 0.05) is 12.8 Å². The van der Waals surface area contributed by atoms with E-state index in [9.17, 15) is 23.8 Å². The predicted octanol–water partition coefficient (Wildman–Crippen LogP) is 10.9. The minimum absolute atomic E-state index is 0.130. The number of unbranched alkanes of at least 4 members (excludes halogenated alkanes) is 12. The number of ether oxygens (including phenoxy) is 2. The summed E-state index contributed by atoms with van der Waals surface area (Å²) < 4.78 is 32.6. The van der Waals surface area contributed by atoms with Gasteiger partial charge >= 0.3 is 25.7 Å². The van der Waals surface area contributed by atoms with E-state index < -0.39 is 51.1 Å². The van der Waals surface area contributed by atoms with E-state index in [-0.39, 0.29) is 19.4 Å². The van der Waals surface area contributed by atoms with E-state index in [4.69, 9.17) is 24.8 Å². The highest BCUT2D eigenvalue weighted by Gasteiger charge is 2.28. The van der Waals surface area contributed by atoms with Gasteiger partial charge in [-0.2, -0.15) is 0 Å². The molecule has 320 valence electrons. The van der Waals surface area contributed by atoms with Crippen molar-refractivity contribution in [1.82, 2.24) is 0 Å². The van der Waals surface area contributed by atoms with E-state index in [0.29, 0.717) is 19.3 Å². The van der Waals surface area contributed by atoms with Crippen LogP contribution in [0.25, 0.3) is 0 Å². The lowest BCUT2D eigenvalue weighted by molar-refractivity contribution is -0.161. The van der Waals surface area contributed by atoms with Crippen LogP contribution >= 0.6 is 7.82 Å². The molecule has 0 radical (unpaired) electrons. The number of hydrogen-bond donors (Lipinski definition) is 3. The summed E-state index contributed by atoms with van der Waals surface area (Å²) in [5.74, 6) is -2.48. The molecular weight excluding hydrogens is 733 g/mol. The number of allylic oxidation sites excluding steroid dienone is 12. The van der Waals surface area contributed by atoms with Crippen LogP contribution in [0.15, 0.2) is 72.9 Å². The van der Waals surface area contributed by atoms with E-state index in [0.717, 1.165) is 70.6 Å². The van der Waals surface area contributed by atoms with Crippen molar-refractivity contribution in [2.24, 2.45) is 5.73 Å². The molecular formula is C44H74NO10P. The van der Waals surface area contributed by atoms with Crippen LogP contribution in [-0.4, -0.2) is 59.9 Å². The third-order valence-corrected chi connectivity index (χ3v) is 9.38. The zero-order valence-electron chi connectivity index (χ0n) is 34.4. The standard InChI is InChI=1S/C44H74NO10P/c1-3-5-7-9-11-13-15-17-19-20-22-23-25-27-29-31-33-35-42(46)52-37-40(38-53-56(50,51)54-39-41(45)44(48)49)55-43(47)36-34-32-30-28-26-24-21-18-16-14-12-10-8-6-4-2/h11-14,17-19,21-23,27,29,40-41H,3-10,15-16,20,24-26,28,30-39,45H2,1-2H3,(H,48,49)(H,50,51)/t40-,41+/m1/s1. The molecule has 4 N–H and O–H groups in total. The zero-order valence-corrected chi connectivity index (χ0v) is 35.3. The number of rotatable bonds is 38. The molecule has 0 aliphatic carbocycles. The van der Waals surface area contributed by atoms with Gasteiger partial charge in [-0.3, -0.25) is 23.4 Å². The van der Waals surface area contributed by atoms with E-state index in [1.807, 2.05) is 12.2 Å². The Morgan fingerprint density at radius 1 is 0.554 bits per heavy atom. The molecule has 0 aromatic rings. The molecule has 0 saturated heterocycles. The van der Waals surface area contributed by atoms with Crippen molar-refractivity contribution in [1.29, 1.82) is 0 Å². The molecule has 0 aromatic carbocycles. The Labute approximate surface area is 338 Å². The second kappa shape index (κ2) is 38.8. The number of phosphoric acid groups is 1. The van der Waals surface area contributed by atoms with Crippen LogP contribution in [0.2, 0.25) is 0 Å². The summed E-state index contributed by atoms with van der Waals surface area (Å²) in [4.78, 5) is 45.9. The number of carboxylic acid groups (broad SMARTS) is 1. The Morgan fingerprint density at radius 3 is 1.46 bits per heavy atom. The maximum atomic E-state index is 12.6. The van der Waals surface area contributed by atoms with Gasteiger partial charge in [0.1, 0.15) is 12.6 Å². The number of phosphoric ester groups is 1. The van der Waals surface area contributed by atoms with Gasteiger partial charge in [-0.05, 0) is 83.5 Å². The van der Waals surface area contributed by atoms with Crippen LogP contribution in [0.5, 0.6) is 0 Å². The molecule has 0 saturated carbocycles. The second-order valence-electron chi connectivity index (χ2n) is 13.8. The Kier molecular flexibility index (Phi) is 36.6. The van der Waals surface area contributed by atoms with Crippen molar-refractivity contribution in [2.45, 2.75) is 167 Å². The van der Waals surface area contributed by atoms with Crippen LogP contribution in [0.4, 0.5) is 0 Å². The number of carbonyl (C=O) groups excluding carboxylic acids is 2. The number of hydrogen-bond acceptors (Lipinski definition) is 9. The fraction of sp³-hybridized carbons (Fsp3) is 0.659. The van der Waals surface area contributed by atoms with Crippen LogP contribution in [0, 0.1) is 0 Å². The topological polar surface area (TPSA) is 172 Å². The smallest absolute Gasteiger partial charge is 0.472 e. The fourth-order valence-corrected chi connectivity index (χ4v) is 5.86. The average Bonchev–Trinajstić information content (AvgIpc) is 3.17. The number of carbonyl (C=O) groups is 3. The summed E-state index contributed by atoms with van der Waals surface area (Å²) in [6, 6.07) is -1.53. The SMILES string of the molecule is CCCCCC=CCC=CCC=CCC=CCCCC(=O)OC[C@H](COP(=O)(O)OC[C@H](N)C(=O)O)OC(=O)CCCCCCCC=CCC=CCCCCC. The largest absolute Gasteiger partial charge is 0.480 e. The van der Waals surface area contributed by atoms with Crippen molar-refractivity contribution in [3.8, 4) is 0 Å². The first-order valence-corrected chi connectivity index (χ1v) is 22.5. The van der Waals surface area contributed by atoms with Crippen molar-refractivity contribution >= 4 is 25.7 Å². The van der Waals surface area contributed by atoms with Gasteiger partial charge < -0.3 is 25.2 Å². The molecule has 0 rings (SSSR count). The summed E-state index contributed by atoms with van der Waals surface area (Å²) >= 11 is 0. The molecule has 0 amide bonds. The Bertz CT molecular complexity index is 1230. The monoisotopic (exact) mass is 808 g/mol. The van der Waals surface area contributed by atoms with Crippen LogP contribution in [0.1, 0.15) is 155 Å². The molecule has 1 unspecified atom stereocenters. The van der Waals surface area contributed by atoms with Gasteiger partial charge in [0.2, 0.25) is 0 Å². The first-order chi connectivity index (χ1) is 27.1. The van der Waals surface area contributed by atoms with E-state index >= 15 is 0 Å². The predicted molar refractivity (Wildman–Crippen MR) is 226 cm³/mol. The third kappa shape index (κ3) is 37.8. The van der Waals surface area contributed by atoms with Crippen LogP contribution in [-0.2, 0) is 37.5 Å². The minimum Gasteiger partial charge on any atom is -0.480 e. The van der Waals surface area contributed by atoms with Crippen molar-refractivity contribution < 1.29 is 47.5 Å². The molecule has 0 heterocycles. The molecule has 0 aliphatic heterocycles. The molecule has 11 nitrogen and oxygen atoms in total. The van der Waals surface area contributed by atoms with Gasteiger partial charge in [0.15, 0.2) is 6.10 Å². The third-order valence-electron chi connectivity index (χ3n) is 8.43. The lowest BCUT2D eigenvalue weighted by Gasteiger charge is -2.20. The van der Waals surface area contributed by atoms with Gasteiger partial charge in [-0.1, -0.05) is 132 Å². The maximum absolute atomic E-state index is 12.6. The lowest BCUT2D eigenvalue weighted by Crippen LogP contribution is -2.34. The molecule has 56 heavy (non-hydrogen) atoms. The van der Waals surface area contributed by atoms with E-state index in [1.165, 1.54) is 38.5 Å².